The van der Waals surface area contributed by atoms with Crippen LogP contribution in [0.1, 0.15) is 41.5 Å². The van der Waals surface area contributed by atoms with Crippen LogP contribution >= 0.6 is 0 Å². The van der Waals surface area contributed by atoms with Crippen molar-refractivity contribution in [2.45, 2.75) is 52.7 Å². The third-order valence-corrected chi connectivity index (χ3v) is 4.01. The van der Waals surface area contributed by atoms with E-state index in [1.807, 2.05) is 27.7 Å². The van der Waals surface area contributed by atoms with Crippen LogP contribution in [0, 0.1) is 5.41 Å². The van der Waals surface area contributed by atoms with Gasteiger partial charge in [-0.15, -0.1) is 0 Å². The predicted octanol–water partition coefficient (Wildman–Crippen LogP) is 2.70. The first-order chi connectivity index (χ1) is 7.03. The Morgan fingerprint density at radius 3 is 1.94 bits per heavy atom. The summed E-state index contributed by atoms with van der Waals surface area (Å²) in [5.74, 6) is -0.334. The predicted molar refractivity (Wildman–Crippen MR) is 63.1 cm³/mol. The Bertz CT molecular complexity index is 312. The second-order valence-electron chi connectivity index (χ2n) is 5.81. The van der Waals surface area contributed by atoms with Crippen LogP contribution in [0.4, 0.5) is 0 Å². The number of hydrogen-bond donors (Lipinski definition) is 0. The zero-order valence-corrected chi connectivity index (χ0v) is 11.1. The van der Waals surface area contributed by atoms with E-state index in [0.29, 0.717) is 12.2 Å². The Hall–Kier alpha value is -0.830. The van der Waals surface area contributed by atoms with Crippen LogP contribution in [0.2, 0.25) is 0 Å². The first-order valence-corrected chi connectivity index (χ1v) is 5.56. The van der Waals surface area contributed by atoms with Crippen LogP contribution in [0.25, 0.3) is 0 Å². The smallest absolute Gasteiger partial charge is 0.333 e. The maximum Gasteiger partial charge on any atom is 0.333 e. The van der Waals surface area contributed by atoms with Crippen molar-refractivity contribution in [1.82, 2.24) is 0 Å². The molecule has 0 N–H and O–H groups in total. The lowest BCUT2D eigenvalue weighted by molar-refractivity contribution is -0.355. The molecule has 0 aliphatic carbocycles. The van der Waals surface area contributed by atoms with Crippen molar-refractivity contribution in [1.29, 1.82) is 0 Å². The highest BCUT2D eigenvalue weighted by atomic mass is 16.6. The van der Waals surface area contributed by atoms with E-state index >= 15 is 0 Å². The summed E-state index contributed by atoms with van der Waals surface area (Å²) in [4.78, 5) is 11.4. The summed E-state index contributed by atoms with van der Waals surface area (Å²) < 4.78 is 11.1. The normalized spacial score (nSPS) is 24.4. The molecule has 3 nitrogen and oxygen atoms in total. The van der Waals surface area contributed by atoms with E-state index in [1.165, 1.54) is 0 Å². The van der Waals surface area contributed by atoms with Crippen LogP contribution < -0.4 is 0 Å². The summed E-state index contributed by atoms with van der Waals surface area (Å²) in [7, 11) is 0. The quantitative estimate of drug-likeness (QED) is 0.548. The molecule has 0 aromatic carbocycles. The van der Waals surface area contributed by atoms with Gasteiger partial charge in [0.05, 0.1) is 16.6 Å². The van der Waals surface area contributed by atoms with Crippen molar-refractivity contribution in [3.05, 3.63) is 12.2 Å². The van der Waals surface area contributed by atoms with Gasteiger partial charge >= 0.3 is 5.97 Å². The highest BCUT2D eigenvalue weighted by Crippen LogP contribution is 2.56. The van der Waals surface area contributed by atoms with Gasteiger partial charge in [0.2, 0.25) is 0 Å². The molecule has 1 fully saturated rings. The first kappa shape index (κ1) is 13.2. The lowest BCUT2D eigenvalue weighted by Gasteiger charge is -2.64. The fourth-order valence-electron chi connectivity index (χ4n) is 2.22. The Labute approximate surface area is 97.8 Å². The summed E-state index contributed by atoms with van der Waals surface area (Å²) in [6.45, 7) is 15.7. The average Bonchev–Trinajstić information content (AvgIpc) is 2.10. The number of esters is 1. The molecule has 1 saturated heterocycles. The molecule has 16 heavy (non-hydrogen) atoms. The lowest BCUT2D eigenvalue weighted by atomic mass is 9.59. The molecule has 0 bridgehead atoms. The molecule has 0 radical (unpaired) electrons. The third kappa shape index (κ3) is 1.77. The molecule has 0 spiro atoms. The highest BCUT2D eigenvalue weighted by molar-refractivity contribution is 5.86. The van der Waals surface area contributed by atoms with Crippen LogP contribution in [-0.2, 0) is 14.3 Å². The van der Waals surface area contributed by atoms with E-state index in [0.717, 1.165) is 0 Å². The van der Waals surface area contributed by atoms with Crippen LogP contribution in [0.3, 0.4) is 0 Å². The Morgan fingerprint density at radius 1 is 1.19 bits per heavy atom. The maximum atomic E-state index is 11.4. The SMILES string of the molecule is C=C(C)C(=O)OCC1(C)C(C)(C)OC1(C)C. The van der Waals surface area contributed by atoms with Gasteiger partial charge in [0.15, 0.2) is 0 Å². The number of rotatable bonds is 3. The Morgan fingerprint density at radius 2 is 1.62 bits per heavy atom. The molecule has 0 unspecified atom stereocenters. The molecule has 0 saturated carbocycles. The Kier molecular flexibility index (Phi) is 2.97. The third-order valence-electron chi connectivity index (χ3n) is 4.01. The molecule has 0 atom stereocenters. The number of carbonyl (C=O) groups is 1. The zero-order valence-electron chi connectivity index (χ0n) is 11.1. The molecule has 1 rings (SSSR count). The summed E-state index contributed by atoms with van der Waals surface area (Å²) in [6, 6.07) is 0. The molecule has 3 heteroatoms. The van der Waals surface area contributed by atoms with Gasteiger partial charge in [-0.1, -0.05) is 13.5 Å². The van der Waals surface area contributed by atoms with Crippen molar-refractivity contribution in [2.75, 3.05) is 6.61 Å². The van der Waals surface area contributed by atoms with Gasteiger partial charge in [-0.3, -0.25) is 0 Å². The van der Waals surface area contributed by atoms with Crippen molar-refractivity contribution < 1.29 is 14.3 Å². The van der Waals surface area contributed by atoms with Gasteiger partial charge in [0.1, 0.15) is 6.61 Å². The van der Waals surface area contributed by atoms with E-state index in [1.54, 1.807) is 6.92 Å². The summed E-state index contributed by atoms with van der Waals surface area (Å²) in [5.41, 5.74) is -0.289. The van der Waals surface area contributed by atoms with E-state index in [-0.39, 0.29) is 22.6 Å². The maximum absolute atomic E-state index is 11.4. The van der Waals surface area contributed by atoms with Crippen molar-refractivity contribution >= 4 is 5.97 Å². The van der Waals surface area contributed by atoms with Crippen LogP contribution in [0.5, 0.6) is 0 Å². The lowest BCUT2D eigenvalue weighted by Crippen LogP contribution is -2.72. The van der Waals surface area contributed by atoms with Crippen molar-refractivity contribution in [3.8, 4) is 0 Å². The standard InChI is InChI=1S/C13H22O3/c1-9(2)10(14)15-8-13(7)11(3,4)16-12(13,5)6/h1,8H2,2-7H3. The van der Waals surface area contributed by atoms with Gasteiger partial charge in [0.25, 0.3) is 0 Å². The van der Waals surface area contributed by atoms with E-state index in [4.69, 9.17) is 9.47 Å². The van der Waals surface area contributed by atoms with Gasteiger partial charge < -0.3 is 9.47 Å². The van der Waals surface area contributed by atoms with Crippen molar-refractivity contribution in [3.63, 3.8) is 0 Å². The minimum absolute atomic E-state index is 0.175. The van der Waals surface area contributed by atoms with Gasteiger partial charge in [-0.05, 0) is 34.6 Å². The molecule has 0 aromatic heterocycles. The molecule has 0 aromatic rings. The summed E-state index contributed by atoms with van der Waals surface area (Å²) >= 11 is 0. The largest absolute Gasteiger partial charge is 0.462 e. The molecule has 1 heterocycles. The number of carbonyl (C=O) groups excluding carboxylic acids is 1. The fraction of sp³-hybridized carbons (Fsp3) is 0.769. The summed E-state index contributed by atoms with van der Waals surface area (Å²) in [5, 5.41) is 0. The number of ether oxygens (including phenoxy) is 2. The first-order valence-electron chi connectivity index (χ1n) is 5.56. The second kappa shape index (κ2) is 3.59. The highest BCUT2D eigenvalue weighted by Gasteiger charge is 2.64. The summed E-state index contributed by atoms with van der Waals surface area (Å²) in [6.07, 6.45) is 0. The fourth-order valence-corrected chi connectivity index (χ4v) is 2.22. The minimum atomic E-state index is -0.334. The van der Waals surface area contributed by atoms with Gasteiger partial charge in [-0.25, -0.2) is 4.79 Å². The van der Waals surface area contributed by atoms with Crippen molar-refractivity contribution in [2.24, 2.45) is 5.41 Å². The zero-order chi connectivity index (χ0) is 12.8. The average molecular weight is 226 g/mol. The van der Waals surface area contributed by atoms with Gasteiger partial charge in [-0.2, -0.15) is 0 Å². The monoisotopic (exact) mass is 226 g/mol. The van der Waals surface area contributed by atoms with Crippen LogP contribution in [0.15, 0.2) is 12.2 Å². The molecular weight excluding hydrogens is 204 g/mol. The molecule has 92 valence electrons. The van der Waals surface area contributed by atoms with E-state index < -0.39 is 0 Å². The van der Waals surface area contributed by atoms with E-state index in [2.05, 4.69) is 13.5 Å². The van der Waals surface area contributed by atoms with Crippen LogP contribution in [-0.4, -0.2) is 23.8 Å². The molecular formula is C13H22O3. The molecule has 1 aliphatic heterocycles. The second-order valence-corrected chi connectivity index (χ2v) is 5.81. The van der Waals surface area contributed by atoms with Gasteiger partial charge in [0, 0.05) is 5.57 Å². The minimum Gasteiger partial charge on any atom is -0.462 e. The number of hydrogen-bond acceptors (Lipinski definition) is 3. The molecule has 1 aliphatic rings. The molecule has 0 amide bonds. The Balaban J connectivity index is 2.71. The van der Waals surface area contributed by atoms with E-state index in [9.17, 15) is 4.79 Å². The topological polar surface area (TPSA) is 35.5 Å².